The number of benzene rings is 1. The van der Waals surface area contributed by atoms with Crippen LogP contribution in [0, 0.1) is 0 Å². The number of ether oxygens (including phenoxy) is 1. The van der Waals surface area contributed by atoms with Gasteiger partial charge in [-0.15, -0.1) is 10.2 Å². The van der Waals surface area contributed by atoms with E-state index in [4.69, 9.17) is 4.74 Å². The Morgan fingerprint density at radius 2 is 2.06 bits per heavy atom. The standard InChI is InChI=1S/C23H22N8O2/c1-31-20(29-30-22(31)18-6-8-24-14-28-18)13-26-19-11-16(5-9-25-19)23(32)27-12-17-4-2-3-15-7-10-33-21(15)17/h2-6,8-9,11,14H,7,10,12-13H2,1H3,(H,25,26)(H,27,32). The molecule has 0 saturated heterocycles. The van der Waals surface area contributed by atoms with Crippen LogP contribution >= 0.6 is 0 Å². The van der Waals surface area contributed by atoms with Crippen LogP contribution in [0.5, 0.6) is 5.75 Å². The molecule has 0 fully saturated rings. The highest BCUT2D eigenvalue weighted by atomic mass is 16.5. The van der Waals surface area contributed by atoms with E-state index >= 15 is 0 Å². The van der Waals surface area contributed by atoms with Gasteiger partial charge in [0.1, 0.15) is 23.6 Å². The fourth-order valence-electron chi connectivity index (χ4n) is 3.70. The molecule has 1 aliphatic heterocycles. The van der Waals surface area contributed by atoms with Gasteiger partial charge in [-0.05, 0) is 23.8 Å². The van der Waals surface area contributed by atoms with Crippen molar-refractivity contribution < 1.29 is 9.53 Å². The number of rotatable bonds is 7. The number of hydrogen-bond acceptors (Lipinski definition) is 8. The van der Waals surface area contributed by atoms with Gasteiger partial charge in [-0.3, -0.25) is 4.79 Å². The van der Waals surface area contributed by atoms with Crippen LogP contribution < -0.4 is 15.4 Å². The molecule has 33 heavy (non-hydrogen) atoms. The summed E-state index contributed by atoms with van der Waals surface area (Å²) in [5, 5.41) is 14.6. The van der Waals surface area contributed by atoms with Crippen molar-refractivity contribution in [2.75, 3.05) is 11.9 Å². The fraction of sp³-hybridized carbons (Fsp3) is 0.217. The molecule has 1 amide bonds. The lowest BCUT2D eigenvalue weighted by Gasteiger charge is -2.10. The van der Waals surface area contributed by atoms with Crippen LogP contribution in [0.2, 0.25) is 0 Å². The Balaban J connectivity index is 1.22. The Hall–Kier alpha value is -4.34. The lowest BCUT2D eigenvalue weighted by Crippen LogP contribution is -2.23. The summed E-state index contributed by atoms with van der Waals surface area (Å²) in [6.45, 7) is 1.48. The summed E-state index contributed by atoms with van der Waals surface area (Å²) in [5.74, 6) is 2.63. The van der Waals surface area contributed by atoms with Crippen molar-refractivity contribution >= 4 is 11.7 Å². The number of hydrogen-bond donors (Lipinski definition) is 2. The molecule has 1 aromatic carbocycles. The summed E-state index contributed by atoms with van der Waals surface area (Å²) < 4.78 is 7.56. The summed E-state index contributed by atoms with van der Waals surface area (Å²) >= 11 is 0. The smallest absolute Gasteiger partial charge is 0.251 e. The molecule has 10 nitrogen and oxygen atoms in total. The number of pyridine rings is 1. The zero-order chi connectivity index (χ0) is 22.6. The van der Waals surface area contributed by atoms with E-state index in [1.54, 1.807) is 30.6 Å². The van der Waals surface area contributed by atoms with Crippen LogP contribution in [-0.2, 0) is 26.6 Å². The molecule has 10 heteroatoms. The Morgan fingerprint density at radius 1 is 1.12 bits per heavy atom. The van der Waals surface area contributed by atoms with Crippen molar-refractivity contribution in [1.29, 1.82) is 0 Å². The van der Waals surface area contributed by atoms with Crippen LogP contribution in [0.4, 0.5) is 5.82 Å². The van der Waals surface area contributed by atoms with Gasteiger partial charge in [-0.25, -0.2) is 15.0 Å². The number of carbonyl (C=O) groups is 1. The Labute approximate surface area is 190 Å². The van der Waals surface area contributed by atoms with E-state index < -0.39 is 0 Å². The summed E-state index contributed by atoms with van der Waals surface area (Å²) in [5.41, 5.74) is 3.37. The number of amides is 1. The number of nitrogens with one attached hydrogen (secondary N) is 2. The fourth-order valence-corrected chi connectivity index (χ4v) is 3.70. The Bertz CT molecular complexity index is 1290. The van der Waals surface area contributed by atoms with Crippen molar-refractivity contribution in [1.82, 2.24) is 35.0 Å². The maximum Gasteiger partial charge on any atom is 0.251 e. The van der Waals surface area contributed by atoms with Crippen LogP contribution in [0.3, 0.4) is 0 Å². The largest absolute Gasteiger partial charge is 0.493 e. The number of aromatic nitrogens is 6. The van der Waals surface area contributed by atoms with Gasteiger partial charge in [-0.1, -0.05) is 18.2 Å². The van der Waals surface area contributed by atoms with E-state index in [0.717, 1.165) is 17.7 Å². The first-order chi connectivity index (χ1) is 16.2. The van der Waals surface area contributed by atoms with Gasteiger partial charge in [0, 0.05) is 43.5 Å². The molecule has 5 rings (SSSR count). The van der Waals surface area contributed by atoms with Crippen LogP contribution in [0.15, 0.2) is 55.1 Å². The molecule has 4 heterocycles. The molecule has 0 bridgehead atoms. The average Bonchev–Trinajstić information content (AvgIpc) is 3.49. The van der Waals surface area contributed by atoms with E-state index in [-0.39, 0.29) is 5.91 Å². The van der Waals surface area contributed by atoms with Crippen LogP contribution in [0.1, 0.15) is 27.3 Å². The second-order valence-electron chi connectivity index (χ2n) is 7.56. The molecular weight excluding hydrogens is 420 g/mol. The first-order valence-corrected chi connectivity index (χ1v) is 10.6. The van der Waals surface area contributed by atoms with Crippen molar-refractivity contribution in [2.45, 2.75) is 19.5 Å². The van der Waals surface area contributed by atoms with Crippen LogP contribution in [-0.4, -0.2) is 42.2 Å². The highest BCUT2D eigenvalue weighted by Gasteiger charge is 2.17. The van der Waals surface area contributed by atoms with Gasteiger partial charge in [0.15, 0.2) is 11.6 Å². The maximum atomic E-state index is 12.7. The number of anilines is 1. The number of para-hydroxylation sites is 1. The van der Waals surface area contributed by atoms with Crippen molar-refractivity contribution in [3.63, 3.8) is 0 Å². The Morgan fingerprint density at radius 3 is 2.94 bits per heavy atom. The van der Waals surface area contributed by atoms with Gasteiger partial charge in [0.2, 0.25) is 0 Å². The second-order valence-corrected chi connectivity index (χ2v) is 7.56. The van der Waals surface area contributed by atoms with E-state index in [2.05, 4.69) is 41.8 Å². The SMILES string of the molecule is Cn1c(CNc2cc(C(=O)NCc3cccc4c3OCC4)ccn2)nnc1-c1ccncn1. The molecule has 1 aliphatic rings. The molecule has 0 aliphatic carbocycles. The van der Waals surface area contributed by atoms with Gasteiger partial charge in [0.05, 0.1) is 13.2 Å². The summed E-state index contributed by atoms with van der Waals surface area (Å²) in [4.78, 5) is 25.2. The molecular formula is C23H22N8O2. The average molecular weight is 442 g/mol. The molecule has 0 radical (unpaired) electrons. The third-order valence-electron chi connectivity index (χ3n) is 5.46. The molecule has 0 unspecified atom stereocenters. The van der Waals surface area contributed by atoms with Crippen LogP contribution in [0.25, 0.3) is 11.5 Å². The summed E-state index contributed by atoms with van der Waals surface area (Å²) in [7, 11) is 1.87. The van der Waals surface area contributed by atoms with Crippen molar-refractivity contribution in [3.8, 4) is 17.3 Å². The molecule has 3 aromatic heterocycles. The van der Waals surface area contributed by atoms with E-state index in [0.29, 0.717) is 48.4 Å². The third-order valence-corrected chi connectivity index (χ3v) is 5.46. The summed E-state index contributed by atoms with van der Waals surface area (Å²) in [6.07, 6.45) is 5.64. The normalized spacial score (nSPS) is 12.2. The molecule has 0 saturated carbocycles. The number of nitrogens with zero attached hydrogens (tertiary/aromatic N) is 6. The topological polar surface area (TPSA) is 120 Å². The van der Waals surface area contributed by atoms with Crippen molar-refractivity contribution in [2.24, 2.45) is 7.05 Å². The second kappa shape index (κ2) is 9.03. The molecule has 0 spiro atoms. The molecule has 4 aromatic rings. The third kappa shape index (κ3) is 4.36. The van der Waals surface area contributed by atoms with Gasteiger partial charge < -0.3 is 19.9 Å². The predicted octanol–water partition coefficient (Wildman–Crippen LogP) is 2.14. The lowest BCUT2D eigenvalue weighted by molar-refractivity contribution is 0.0950. The highest BCUT2D eigenvalue weighted by Crippen LogP contribution is 2.29. The highest BCUT2D eigenvalue weighted by molar-refractivity contribution is 5.94. The van der Waals surface area contributed by atoms with E-state index in [1.165, 1.54) is 11.9 Å². The van der Waals surface area contributed by atoms with Crippen molar-refractivity contribution in [3.05, 3.63) is 77.6 Å². The molecule has 2 N–H and O–H groups in total. The minimum absolute atomic E-state index is 0.180. The molecule has 166 valence electrons. The monoisotopic (exact) mass is 442 g/mol. The Kier molecular flexibility index (Phi) is 5.62. The number of carbonyl (C=O) groups excluding carboxylic acids is 1. The minimum Gasteiger partial charge on any atom is -0.493 e. The van der Waals surface area contributed by atoms with E-state index in [1.807, 2.05) is 23.7 Å². The maximum absolute atomic E-state index is 12.7. The van der Waals surface area contributed by atoms with Gasteiger partial charge >= 0.3 is 0 Å². The zero-order valence-corrected chi connectivity index (χ0v) is 18.0. The minimum atomic E-state index is -0.180. The number of fused-ring (bicyclic) bond motifs is 1. The first-order valence-electron chi connectivity index (χ1n) is 10.6. The lowest BCUT2D eigenvalue weighted by atomic mass is 10.1. The van der Waals surface area contributed by atoms with E-state index in [9.17, 15) is 4.79 Å². The molecule has 0 atom stereocenters. The zero-order valence-electron chi connectivity index (χ0n) is 18.0. The summed E-state index contributed by atoms with van der Waals surface area (Å²) in [6, 6.07) is 11.2. The van der Waals surface area contributed by atoms with Gasteiger partial charge in [-0.2, -0.15) is 0 Å². The van der Waals surface area contributed by atoms with Gasteiger partial charge in [0.25, 0.3) is 5.91 Å². The predicted molar refractivity (Wildman–Crippen MR) is 120 cm³/mol. The quantitative estimate of drug-likeness (QED) is 0.447. The first kappa shape index (κ1) is 20.6.